The van der Waals surface area contributed by atoms with Crippen molar-refractivity contribution in [2.45, 2.75) is 32.8 Å². The Kier molecular flexibility index (Phi) is 5.51. The van der Waals surface area contributed by atoms with Crippen LogP contribution in [0.4, 0.5) is 5.69 Å². The molecule has 0 radical (unpaired) electrons. The van der Waals surface area contributed by atoms with Gasteiger partial charge < -0.3 is 9.84 Å². The van der Waals surface area contributed by atoms with E-state index in [1.165, 1.54) is 12.1 Å². The van der Waals surface area contributed by atoms with Gasteiger partial charge in [0.05, 0.1) is 17.1 Å². The third-order valence-corrected chi connectivity index (χ3v) is 2.72. The van der Waals surface area contributed by atoms with Crippen molar-refractivity contribution in [3.63, 3.8) is 0 Å². The molecule has 0 saturated heterocycles. The van der Waals surface area contributed by atoms with Crippen LogP contribution < -0.4 is 4.74 Å². The molecule has 1 unspecified atom stereocenters. The normalized spacial score (nSPS) is 11.9. The number of rotatable bonds is 7. The van der Waals surface area contributed by atoms with E-state index >= 15 is 0 Å². The summed E-state index contributed by atoms with van der Waals surface area (Å²) in [7, 11) is 0. The first-order valence-electron chi connectivity index (χ1n) is 6.22. The molecule has 1 rings (SSSR count). The van der Waals surface area contributed by atoms with Crippen LogP contribution in [0.25, 0.3) is 0 Å². The standard InChI is InChI=1S/C14H19NO4/c1-4-5-8-19-11-6-7-13(15(17)18)12(9-11)14(16)10(2)3/h6-7,9,14,16H,2,4-5,8H2,1,3H3. The summed E-state index contributed by atoms with van der Waals surface area (Å²) < 4.78 is 5.49. The molecule has 0 heterocycles. The van der Waals surface area contributed by atoms with Crippen molar-refractivity contribution in [1.82, 2.24) is 0 Å². The van der Waals surface area contributed by atoms with Gasteiger partial charge in [-0.25, -0.2) is 0 Å². The maximum atomic E-state index is 10.9. The maximum absolute atomic E-state index is 10.9. The minimum atomic E-state index is -1.06. The van der Waals surface area contributed by atoms with Crippen LogP contribution in [0.15, 0.2) is 30.4 Å². The summed E-state index contributed by atoms with van der Waals surface area (Å²) in [4.78, 5) is 10.4. The Bertz CT molecular complexity index is 471. The van der Waals surface area contributed by atoms with E-state index < -0.39 is 11.0 Å². The molecule has 0 aliphatic rings. The third-order valence-electron chi connectivity index (χ3n) is 2.72. The van der Waals surface area contributed by atoms with E-state index in [0.717, 1.165) is 12.8 Å². The van der Waals surface area contributed by atoms with Crippen LogP contribution in [0.2, 0.25) is 0 Å². The summed E-state index contributed by atoms with van der Waals surface area (Å²) in [6.45, 7) is 7.85. The maximum Gasteiger partial charge on any atom is 0.275 e. The number of nitrogens with zero attached hydrogens (tertiary/aromatic N) is 1. The van der Waals surface area contributed by atoms with Gasteiger partial charge >= 0.3 is 0 Å². The first-order chi connectivity index (χ1) is 8.97. The smallest absolute Gasteiger partial charge is 0.275 e. The van der Waals surface area contributed by atoms with Gasteiger partial charge in [-0.1, -0.05) is 19.9 Å². The number of nitro groups is 1. The second kappa shape index (κ2) is 6.89. The van der Waals surface area contributed by atoms with Gasteiger partial charge in [0.25, 0.3) is 5.69 Å². The van der Waals surface area contributed by atoms with Crippen molar-refractivity contribution in [3.8, 4) is 5.75 Å². The zero-order valence-electron chi connectivity index (χ0n) is 11.3. The number of unbranched alkanes of at least 4 members (excludes halogenated alkanes) is 1. The monoisotopic (exact) mass is 265 g/mol. The SMILES string of the molecule is C=C(C)C(O)c1cc(OCCCC)ccc1[N+](=O)[O-]. The molecule has 0 spiro atoms. The molecule has 19 heavy (non-hydrogen) atoms. The summed E-state index contributed by atoms with van der Waals surface area (Å²) >= 11 is 0. The van der Waals surface area contributed by atoms with Crippen LogP contribution in [0.3, 0.4) is 0 Å². The van der Waals surface area contributed by atoms with Gasteiger partial charge in [0, 0.05) is 6.07 Å². The van der Waals surface area contributed by atoms with Crippen LogP contribution in [0.5, 0.6) is 5.75 Å². The van der Waals surface area contributed by atoms with Gasteiger partial charge in [0.1, 0.15) is 11.9 Å². The largest absolute Gasteiger partial charge is 0.494 e. The van der Waals surface area contributed by atoms with Crippen molar-refractivity contribution in [3.05, 3.63) is 46.0 Å². The predicted octanol–water partition coefficient (Wildman–Crippen LogP) is 3.38. The average Bonchev–Trinajstić information content (AvgIpc) is 2.37. The fourth-order valence-corrected chi connectivity index (χ4v) is 1.61. The minimum absolute atomic E-state index is 0.127. The van der Waals surface area contributed by atoms with E-state index in [2.05, 4.69) is 13.5 Å². The Morgan fingerprint density at radius 1 is 1.58 bits per heavy atom. The predicted molar refractivity (Wildman–Crippen MR) is 73.3 cm³/mol. The zero-order chi connectivity index (χ0) is 14.4. The molecule has 0 fully saturated rings. The molecule has 1 atom stereocenters. The van der Waals surface area contributed by atoms with Crippen molar-refractivity contribution in [1.29, 1.82) is 0 Å². The summed E-state index contributed by atoms with van der Waals surface area (Å²) in [5, 5.41) is 20.9. The lowest BCUT2D eigenvalue weighted by Gasteiger charge is -2.13. The Balaban J connectivity index is 3.04. The number of aliphatic hydroxyl groups excluding tert-OH is 1. The molecule has 1 aromatic carbocycles. The van der Waals surface area contributed by atoms with Crippen molar-refractivity contribution in [2.75, 3.05) is 6.61 Å². The van der Waals surface area contributed by atoms with Gasteiger partial charge in [-0.3, -0.25) is 10.1 Å². The zero-order valence-corrected chi connectivity index (χ0v) is 11.3. The highest BCUT2D eigenvalue weighted by atomic mass is 16.6. The molecule has 5 heteroatoms. The quantitative estimate of drug-likeness (QED) is 0.355. The molecule has 1 N–H and O–H groups in total. The van der Waals surface area contributed by atoms with Crippen LogP contribution >= 0.6 is 0 Å². The lowest BCUT2D eigenvalue weighted by atomic mass is 10.0. The van der Waals surface area contributed by atoms with Crippen LogP contribution in [-0.4, -0.2) is 16.6 Å². The van der Waals surface area contributed by atoms with Gasteiger partial charge in [-0.15, -0.1) is 0 Å². The highest BCUT2D eigenvalue weighted by Gasteiger charge is 2.21. The van der Waals surface area contributed by atoms with Gasteiger partial charge in [0.15, 0.2) is 0 Å². The highest BCUT2D eigenvalue weighted by molar-refractivity contribution is 5.48. The van der Waals surface area contributed by atoms with Crippen LogP contribution in [0, 0.1) is 10.1 Å². The molecule has 0 aromatic heterocycles. The van der Waals surface area contributed by atoms with Crippen molar-refractivity contribution in [2.24, 2.45) is 0 Å². The fraction of sp³-hybridized carbons (Fsp3) is 0.429. The number of hydrogen-bond donors (Lipinski definition) is 1. The summed E-state index contributed by atoms with van der Waals surface area (Å²) in [5.74, 6) is 0.523. The van der Waals surface area contributed by atoms with Gasteiger partial charge in [-0.2, -0.15) is 0 Å². The Hall–Kier alpha value is -1.88. The Labute approximate surface area is 112 Å². The van der Waals surface area contributed by atoms with E-state index in [4.69, 9.17) is 4.74 Å². The van der Waals surface area contributed by atoms with Crippen LogP contribution in [0.1, 0.15) is 38.4 Å². The molecule has 1 aromatic rings. The Morgan fingerprint density at radius 3 is 2.79 bits per heavy atom. The van der Waals surface area contributed by atoms with E-state index in [9.17, 15) is 15.2 Å². The number of nitro benzene ring substituents is 1. The number of hydrogen-bond acceptors (Lipinski definition) is 4. The minimum Gasteiger partial charge on any atom is -0.494 e. The van der Waals surface area contributed by atoms with Gasteiger partial charge in [-0.05, 0) is 31.1 Å². The lowest BCUT2D eigenvalue weighted by Crippen LogP contribution is -2.04. The van der Waals surface area contributed by atoms with E-state index in [-0.39, 0.29) is 11.3 Å². The van der Waals surface area contributed by atoms with Crippen molar-refractivity contribution < 1.29 is 14.8 Å². The first kappa shape index (κ1) is 15.2. The molecule has 0 aliphatic carbocycles. The average molecular weight is 265 g/mol. The molecule has 0 bridgehead atoms. The van der Waals surface area contributed by atoms with E-state index in [1.807, 2.05) is 0 Å². The first-order valence-corrected chi connectivity index (χ1v) is 6.22. The molecule has 104 valence electrons. The molecule has 0 amide bonds. The summed E-state index contributed by atoms with van der Waals surface area (Å²) in [5.41, 5.74) is 0.540. The van der Waals surface area contributed by atoms with Gasteiger partial charge in [0.2, 0.25) is 0 Å². The lowest BCUT2D eigenvalue weighted by molar-refractivity contribution is -0.386. The molecular formula is C14H19NO4. The second-order valence-corrected chi connectivity index (χ2v) is 4.43. The summed E-state index contributed by atoms with van der Waals surface area (Å²) in [6.07, 6.45) is 0.860. The van der Waals surface area contributed by atoms with Crippen molar-refractivity contribution >= 4 is 5.69 Å². The van der Waals surface area contributed by atoms with Crippen LogP contribution in [-0.2, 0) is 0 Å². The second-order valence-electron chi connectivity index (χ2n) is 4.43. The molecular weight excluding hydrogens is 246 g/mol. The molecule has 0 saturated carbocycles. The number of aliphatic hydroxyl groups is 1. The Morgan fingerprint density at radius 2 is 2.26 bits per heavy atom. The summed E-state index contributed by atoms with van der Waals surface area (Å²) in [6, 6.07) is 4.40. The van der Waals surface area contributed by atoms with E-state index in [1.54, 1.807) is 13.0 Å². The van der Waals surface area contributed by atoms with E-state index in [0.29, 0.717) is 17.9 Å². The topological polar surface area (TPSA) is 72.6 Å². The fourth-order valence-electron chi connectivity index (χ4n) is 1.61. The third kappa shape index (κ3) is 4.06. The number of benzene rings is 1. The molecule has 5 nitrogen and oxygen atoms in total. The molecule has 0 aliphatic heterocycles. The number of ether oxygens (including phenoxy) is 1. The highest BCUT2D eigenvalue weighted by Crippen LogP contribution is 2.32.